The first-order valence-corrected chi connectivity index (χ1v) is 10.3. The Morgan fingerprint density at radius 1 is 1.12 bits per heavy atom. The molecule has 0 aliphatic carbocycles. The normalized spacial score (nSPS) is 31.7. The van der Waals surface area contributed by atoms with Crippen LogP contribution in [0.1, 0.15) is 31.2 Å². The zero-order valence-electron chi connectivity index (χ0n) is 16.3. The van der Waals surface area contributed by atoms with Gasteiger partial charge < -0.3 is 9.80 Å². The predicted octanol–water partition coefficient (Wildman–Crippen LogP) is 2.49. The zero-order chi connectivity index (χ0) is 18.1. The smallest absolute Gasteiger partial charge is 0.236 e. The van der Waals surface area contributed by atoms with Gasteiger partial charge in [0.05, 0.1) is 6.54 Å². The minimum Gasteiger partial charge on any atom is -0.341 e. The fourth-order valence-corrected chi connectivity index (χ4v) is 5.59. The van der Waals surface area contributed by atoms with E-state index in [9.17, 15) is 4.79 Å². The fraction of sp³-hybridized carbons (Fsp3) is 0.682. The van der Waals surface area contributed by atoms with Gasteiger partial charge >= 0.3 is 0 Å². The lowest BCUT2D eigenvalue weighted by Crippen LogP contribution is -2.63. The van der Waals surface area contributed by atoms with Gasteiger partial charge in [0.1, 0.15) is 0 Å². The second-order valence-electron chi connectivity index (χ2n) is 8.94. The molecule has 1 aromatic rings. The summed E-state index contributed by atoms with van der Waals surface area (Å²) in [5.74, 6) is 1.65. The quantitative estimate of drug-likeness (QED) is 0.830. The summed E-state index contributed by atoms with van der Waals surface area (Å²) in [4.78, 5) is 19.6. The molecule has 142 valence electrons. The van der Waals surface area contributed by atoms with Gasteiger partial charge in [-0.1, -0.05) is 36.8 Å². The van der Waals surface area contributed by atoms with Gasteiger partial charge in [0.15, 0.2) is 0 Å². The van der Waals surface area contributed by atoms with Crippen LogP contribution in [0.3, 0.4) is 0 Å². The lowest BCUT2D eigenvalue weighted by atomic mass is 9.74. The Morgan fingerprint density at radius 2 is 1.92 bits per heavy atom. The van der Waals surface area contributed by atoms with E-state index in [1.165, 1.54) is 44.2 Å². The molecule has 1 amide bonds. The van der Waals surface area contributed by atoms with Gasteiger partial charge in [-0.25, -0.2) is 0 Å². The average Bonchev–Trinajstić information content (AvgIpc) is 2.62. The molecule has 4 heteroatoms. The van der Waals surface area contributed by atoms with Gasteiger partial charge in [-0.3, -0.25) is 9.69 Å². The van der Waals surface area contributed by atoms with Crippen molar-refractivity contribution in [1.82, 2.24) is 14.7 Å². The molecule has 4 atom stereocenters. The van der Waals surface area contributed by atoms with Crippen LogP contribution in [0.15, 0.2) is 30.3 Å². The van der Waals surface area contributed by atoms with E-state index in [1.807, 2.05) is 19.0 Å². The van der Waals surface area contributed by atoms with Crippen LogP contribution in [0.5, 0.6) is 0 Å². The number of hydrogen-bond acceptors (Lipinski definition) is 3. The second-order valence-corrected chi connectivity index (χ2v) is 8.94. The van der Waals surface area contributed by atoms with Crippen LogP contribution in [-0.4, -0.2) is 73.0 Å². The number of carbonyl (C=O) groups excluding carboxylic acids is 1. The van der Waals surface area contributed by atoms with Crippen molar-refractivity contribution in [3.8, 4) is 0 Å². The van der Waals surface area contributed by atoms with Crippen molar-refractivity contribution >= 4 is 5.91 Å². The third kappa shape index (κ3) is 3.81. The van der Waals surface area contributed by atoms with Crippen LogP contribution in [0, 0.1) is 11.8 Å². The third-order valence-corrected chi connectivity index (χ3v) is 6.63. The summed E-state index contributed by atoms with van der Waals surface area (Å²) in [6, 6.07) is 12.3. The average molecular weight is 356 g/mol. The van der Waals surface area contributed by atoms with Gasteiger partial charge in [-0.05, 0) is 57.2 Å². The van der Waals surface area contributed by atoms with Crippen molar-refractivity contribution in [1.29, 1.82) is 0 Å². The van der Waals surface area contributed by atoms with Crippen LogP contribution in [0.25, 0.3) is 0 Å². The first-order chi connectivity index (χ1) is 12.6. The maximum absolute atomic E-state index is 12.6. The molecule has 0 radical (unpaired) electrons. The first-order valence-electron chi connectivity index (χ1n) is 10.3. The van der Waals surface area contributed by atoms with Crippen molar-refractivity contribution in [3.63, 3.8) is 0 Å². The summed E-state index contributed by atoms with van der Waals surface area (Å²) in [6.45, 7) is 3.67. The molecule has 3 fully saturated rings. The summed E-state index contributed by atoms with van der Waals surface area (Å²) in [5, 5.41) is 0. The molecule has 0 unspecified atom stereocenters. The molecule has 1 aromatic carbocycles. The number of likely N-dealkylation sites (tertiary alicyclic amines) is 1. The van der Waals surface area contributed by atoms with E-state index in [4.69, 9.17) is 0 Å². The van der Waals surface area contributed by atoms with Crippen LogP contribution in [0.2, 0.25) is 0 Å². The van der Waals surface area contributed by atoms with E-state index in [-0.39, 0.29) is 0 Å². The Balaban J connectivity index is 1.45. The minimum absolute atomic E-state index is 0.315. The van der Waals surface area contributed by atoms with Crippen LogP contribution in [-0.2, 0) is 11.2 Å². The highest BCUT2D eigenvalue weighted by Crippen LogP contribution is 2.40. The molecule has 0 saturated carbocycles. The molecule has 3 saturated heterocycles. The van der Waals surface area contributed by atoms with Crippen molar-refractivity contribution in [2.45, 2.75) is 44.2 Å². The van der Waals surface area contributed by atoms with Gasteiger partial charge in [0.2, 0.25) is 5.91 Å². The van der Waals surface area contributed by atoms with Gasteiger partial charge in [-0.15, -0.1) is 0 Å². The predicted molar refractivity (Wildman–Crippen MR) is 105 cm³/mol. The van der Waals surface area contributed by atoms with E-state index in [2.05, 4.69) is 40.1 Å². The zero-order valence-corrected chi connectivity index (χ0v) is 16.3. The van der Waals surface area contributed by atoms with Crippen molar-refractivity contribution < 1.29 is 4.79 Å². The number of carbonyl (C=O) groups is 1. The van der Waals surface area contributed by atoms with Gasteiger partial charge in [0.25, 0.3) is 0 Å². The molecule has 4 rings (SSSR count). The highest BCUT2D eigenvalue weighted by atomic mass is 16.2. The lowest BCUT2D eigenvalue weighted by Gasteiger charge is -2.55. The van der Waals surface area contributed by atoms with E-state index < -0.39 is 0 Å². The number of hydrogen-bond donors (Lipinski definition) is 0. The van der Waals surface area contributed by atoms with Crippen LogP contribution < -0.4 is 0 Å². The van der Waals surface area contributed by atoms with E-state index in [1.54, 1.807) is 0 Å². The number of piperidine rings is 3. The van der Waals surface area contributed by atoms with Crippen LogP contribution in [0.4, 0.5) is 0 Å². The molecule has 0 aromatic heterocycles. The standard InChI is InChI=1S/C22H33N3O/c1-23(2)16-22(26)24-13-18-11-19(15-24)21-10-6-9-20(25(21)14-18)12-17-7-4-3-5-8-17/h3-5,7-8,18-21H,6,9-16H2,1-2H3/t18-,19+,20+,21-/m0/s1. The summed E-state index contributed by atoms with van der Waals surface area (Å²) in [5.41, 5.74) is 1.47. The molecule has 26 heavy (non-hydrogen) atoms. The Labute approximate surface area is 158 Å². The SMILES string of the molecule is CN(C)CC(=O)N1C[C@@H]2C[C@H](C1)[C@@H]1CCC[C@H](Cc3ccccc3)N1C2. The largest absolute Gasteiger partial charge is 0.341 e. The van der Waals surface area contributed by atoms with Gasteiger partial charge in [0, 0.05) is 31.7 Å². The van der Waals surface area contributed by atoms with E-state index in [0.29, 0.717) is 36.4 Å². The molecular weight excluding hydrogens is 322 g/mol. The second kappa shape index (κ2) is 7.69. The maximum Gasteiger partial charge on any atom is 0.236 e. The summed E-state index contributed by atoms with van der Waals surface area (Å²) >= 11 is 0. The number of nitrogens with zero attached hydrogens (tertiary/aromatic N) is 3. The lowest BCUT2D eigenvalue weighted by molar-refractivity contribution is -0.139. The molecule has 3 heterocycles. The summed E-state index contributed by atoms with van der Waals surface area (Å²) < 4.78 is 0. The van der Waals surface area contributed by atoms with E-state index in [0.717, 1.165) is 13.1 Å². The fourth-order valence-electron chi connectivity index (χ4n) is 5.59. The number of likely N-dealkylation sites (N-methyl/N-ethyl adjacent to an activating group) is 1. The first kappa shape index (κ1) is 18.0. The highest BCUT2D eigenvalue weighted by molar-refractivity contribution is 5.78. The Hall–Kier alpha value is -1.39. The third-order valence-electron chi connectivity index (χ3n) is 6.63. The molecule has 3 aliphatic rings. The number of benzene rings is 1. The summed E-state index contributed by atoms with van der Waals surface area (Å²) in [6.07, 6.45) is 6.49. The molecule has 0 spiro atoms. The Bertz CT molecular complexity index is 617. The van der Waals surface area contributed by atoms with Crippen LogP contribution >= 0.6 is 0 Å². The molecular formula is C22H33N3O. The van der Waals surface area contributed by atoms with E-state index >= 15 is 0 Å². The Morgan fingerprint density at radius 3 is 2.69 bits per heavy atom. The van der Waals surface area contributed by atoms with Crippen molar-refractivity contribution in [3.05, 3.63) is 35.9 Å². The van der Waals surface area contributed by atoms with Gasteiger partial charge in [-0.2, -0.15) is 0 Å². The Kier molecular flexibility index (Phi) is 5.32. The topological polar surface area (TPSA) is 26.8 Å². The number of fused-ring (bicyclic) bond motifs is 4. The molecule has 0 N–H and O–H groups in total. The monoisotopic (exact) mass is 355 g/mol. The molecule has 2 bridgehead atoms. The van der Waals surface area contributed by atoms with Crippen molar-refractivity contribution in [2.75, 3.05) is 40.3 Å². The number of amides is 1. The molecule has 3 aliphatic heterocycles. The maximum atomic E-state index is 12.6. The van der Waals surface area contributed by atoms with Crippen molar-refractivity contribution in [2.24, 2.45) is 11.8 Å². The number of rotatable bonds is 4. The minimum atomic E-state index is 0.315. The highest BCUT2D eigenvalue weighted by Gasteiger charge is 2.45. The summed E-state index contributed by atoms with van der Waals surface area (Å²) in [7, 11) is 3.97. The molecule has 4 nitrogen and oxygen atoms in total.